The van der Waals surface area contributed by atoms with E-state index in [2.05, 4.69) is 0 Å². The van der Waals surface area contributed by atoms with Crippen molar-refractivity contribution < 1.29 is 24.0 Å². The Morgan fingerprint density at radius 3 is 2.69 bits per heavy atom. The highest BCUT2D eigenvalue weighted by Crippen LogP contribution is 2.30. The lowest BCUT2D eigenvalue weighted by Gasteiger charge is -2.35. The standard InChI is InChI=1S/C20H27N3O6/c1-2-16-5-3-4-8-22(16)19(24)14-29-20(25)15-6-7-17(18(13-15)23(26)27)21-9-11-28-12-10-21/h6-7,13,16H,2-5,8-12,14H2,1H3/t16-/m1/s1. The minimum absolute atomic E-state index is 0.0622. The fraction of sp³-hybridized carbons (Fsp3) is 0.600. The van der Waals surface area contributed by atoms with Crippen molar-refractivity contribution in [3.8, 4) is 0 Å². The van der Waals surface area contributed by atoms with Crippen molar-refractivity contribution in [2.45, 2.75) is 38.6 Å². The van der Waals surface area contributed by atoms with Gasteiger partial charge in [0.05, 0.1) is 23.7 Å². The topological polar surface area (TPSA) is 102 Å². The van der Waals surface area contributed by atoms with Crippen molar-refractivity contribution in [2.75, 3.05) is 44.4 Å². The van der Waals surface area contributed by atoms with Gasteiger partial charge in [0.2, 0.25) is 0 Å². The smallest absolute Gasteiger partial charge is 0.338 e. The molecule has 0 aliphatic carbocycles. The highest BCUT2D eigenvalue weighted by molar-refractivity contribution is 5.93. The van der Waals surface area contributed by atoms with E-state index >= 15 is 0 Å². The molecule has 2 fully saturated rings. The lowest BCUT2D eigenvalue weighted by atomic mass is 10.00. The SMILES string of the molecule is CC[C@@H]1CCCCN1C(=O)COC(=O)c1ccc(N2CCOCC2)c([N+](=O)[O-])c1. The monoisotopic (exact) mass is 405 g/mol. The van der Waals surface area contributed by atoms with Crippen LogP contribution in [0.5, 0.6) is 0 Å². The fourth-order valence-electron chi connectivity index (χ4n) is 3.92. The van der Waals surface area contributed by atoms with Crippen LogP contribution in [0.15, 0.2) is 18.2 Å². The molecule has 29 heavy (non-hydrogen) atoms. The number of nitro groups is 1. The van der Waals surface area contributed by atoms with Crippen molar-refractivity contribution in [2.24, 2.45) is 0 Å². The summed E-state index contributed by atoms with van der Waals surface area (Å²) in [5, 5.41) is 11.5. The van der Waals surface area contributed by atoms with Gasteiger partial charge in [0.15, 0.2) is 6.61 Å². The van der Waals surface area contributed by atoms with E-state index in [1.165, 1.54) is 12.1 Å². The fourth-order valence-corrected chi connectivity index (χ4v) is 3.92. The molecule has 0 spiro atoms. The number of hydrogen-bond acceptors (Lipinski definition) is 7. The second-order valence-corrected chi connectivity index (χ2v) is 7.28. The maximum Gasteiger partial charge on any atom is 0.338 e. The van der Waals surface area contributed by atoms with Crippen LogP contribution in [0.25, 0.3) is 0 Å². The molecule has 2 aliphatic rings. The van der Waals surface area contributed by atoms with Crippen LogP contribution in [-0.2, 0) is 14.3 Å². The number of morpholine rings is 1. The number of nitro benzene ring substituents is 1. The third-order valence-corrected chi connectivity index (χ3v) is 5.51. The highest BCUT2D eigenvalue weighted by atomic mass is 16.6. The number of nitrogens with zero attached hydrogens (tertiary/aromatic N) is 3. The van der Waals surface area contributed by atoms with Gasteiger partial charge in [-0.1, -0.05) is 6.92 Å². The molecular formula is C20H27N3O6. The zero-order valence-electron chi connectivity index (χ0n) is 16.7. The minimum Gasteiger partial charge on any atom is -0.452 e. The maximum atomic E-state index is 12.5. The molecule has 9 nitrogen and oxygen atoms in total. The molecule has 9 heteroatoms. The highest BCUT2D eigenvalue weighted by Gasteiger charge is 2.27. The van der Waals surface area contributed by atoms with E-state index < -0.39 is 10.9 Å². The summed E-state index contributed by atoms with van der Waals surface area (Å²) in [6.07, 6.45) is 3.88. The predicted molar refractivity (Wildman–Crippen MR) is 106 cm³/mol. The second-order valence-electron chi connectivity index (χ2n) is 7.28. The number of amides is 1. The lowest BCUT2D eigenvalue weighted by molar-refractivity contribution is -0.384. The normalized spacial score (nSPS) is 19.7. The Morgan fingerprint density at radius 2 is 2.00 bits per heavy atom. The van der Waals surface area contributed by atoms with Crippen molar-refractivity contribution in [1.29, 1.82) is 0 Å². The summed E-state index contributed by atoms with van der Waals surface area (Å²) in [5.41, 5.74) is 0.354. The number of likely N-dealkylation sites (tertiary alicyclic amines) is 1. The van der Waals surface area contributed by atoms with Crippen molar-refractivity contribution in [1.82, 2.24) is 4.90 Å². The number of esters is 1. The lowest BCUT2D eigenvalue weighted by Crippen LogP contribution is -2.45. The Labute approximate surface area is 169 Å². The largest absolute Gasteiger partial charge is 0.452 e. The van der Waals surface area contributed by atoms with E-state index in [1.54, 1.807) is 11.0 Å². The summed E-state index contributed by atoms with van der Waals surface area (Å²) in [6.45, 7) is 4.46. The Morgan fingerprint density at radius 1 is 1.24 bits per heavy atom. The Kier molecular flexibility index (Phi) is 7.03. The van der Waals surface area contributed by atoms with E-state index in [9.17, 15) is 19.7 Å². The summed E-state index contributed by atoms with van der Waals surface area (Å²) < 4.78 is 10.5. The summed E-state index contributed by atoms with van der Waals surface area (Å²) in [7, 11) is 0. The minimum atomic E-state index is -0.736. The van der Waals surface area contributed by atoms with Gasteiger partial charge in [0, 0.05) is 31.7 Å². The molecule has 1 atom stereocenters. The molecule has 0 aromatic heterocycles. The van der Waals surface area contributed by atoms with Gasteiger partial charge in [-0.15, -0.1) is 0 Å². The van der Waals surface area contributed by atoms with Crippen LogP contribution in [0.2, 0.25) is 0 Å². The first kappa shape index (κ1) is 21.0. The Bertz CT molecular complexity index is 763. The molecule has 0 radical (unpaired) electrons. The zero-order chi connectivity index (χ0) is 20.8. The third kappa shape index (κ3) is 5.03. The quantitative estimate of drug-likeness (QED) is 0.407. The number of piperidine rings is 1. The molecule has 1 amide bonds. The average Bonchev–Trinajstić information content (AvgIpc) is 2.77. The number of anilines is 1. The number of carbonyl (C=O) groups excluding carboxylic acids is 2. The molecule has 2 aliphatic heterocycles. The van der Waals surface area contributed by atoms with E-state index in [0.29, 0.717) is 38.5 Å². The number of rotatable bonds is 6. The maximum absolute atomic E-state index is 12.5. The van der Waals surface area contributed by atoms with Gasteiger partial charge < -0.3 is 19.3 Å². The van der Waals surface area contributed by atoms with Gasteiger partial charge in [-0.3, -0.25) is 14.9 Å². The number of carbonyl (C=O) groups is 2. The van der Waals surface area contributed by atoms with Crippen molar-refractivity contribution in [3.63, 3.8) is 0 Å². The van der Waals surface area contributed by atoms with Crippen LogP contribution in [0.3, 0.4) is 0 Å². The Hall–Kier alpha value is -2.68. The number of hydrogen-bond donors (Lipinski definition) is 0. The van der Waals surface area contributed by atoms with Gasteiger partial charge in [-0.25, -0.2) is 4.79 Å². The molecule has 2 heterocycles. The van der Waals surface area contributed by atoms with E-state index in [0.717, 1.165) is 25.7 Å². The molecule has 1 aromatic carbocycles. The zero-order valence-corrected chi connectivity index (χ0v) is 16.7. The molecular weight excluding hydrogens is 378 g/mol. The molecule has 0 unspecified atom stereocenters. The molecule has 158 valence electrons. The van der Waals surface area contributed by atoms with E-state index in [1.807, 2.05) is 11.8 Å². The molecule has 3 rings (SSSR count). The molecule has 0 N–H and O–H groups in total. The number of benzene rings is 1. The first-order chi connectivity index (χ1) is 14.0. The van der Waals surface area contributed by atoms with Crippen LogP contribution in [-0.4, -0.2) is 67.2 Å². The predicted octanol–water partition coefficient (Wildman–Crippen LogP) is 2.38. The summed E-state index contributed by atoms with van der Waals surface area (Å²) >= 11 is 0. The molecule has 0 bridgehead atoms. The van der Waals surface area contributed by atoms with E-state index in [-0.39, 0.29) is 29.8 Å². The van der Waals surface area contributed by atoms with Gasteiger partial charge in [0.25, 0.3) is 11.6 Å². The van der Waals surface area contributed by atoms with Crippen LogP contribution in [0, 0.1) is 10.1 Å². The van der Waals surface area contributed by atoms with Crippen LogP contribution < -0.4 is 4.90 Å². The van der Waals surface area contributed by atoms with Gasteiger partial charge in [0.1, 0.15) is 5.69 Å². The summed E-state index contributed by atoms with van der Waals surface area (Å²) in [5.74, 6) is -0.954. The molecule has 2 saturated heterocycles. The summed E-state index contributed by atoms with van der Waals surface area (Å²) in [6, 6.07) is 4.46. The van der Waals surface area contributed by atoms with Gasteiger partial charge >= 0.3 is 5.97 Å². The van der Waals surface area contributed by atoms with E-state index in [4.69, 9.17) is 9.47 Å². The summed E-state index contributed by atoms with van der Waals surface area (Å²) in [4.78, 5) is 39.5. The van der Waals surface area contributed by atoms with Crippen LogP contribution in [0.1, 0.15) is 43.0 Å². The number of ether oxygens (including phenoxy) is 2. The third-order valence-electron chi connectivity index (χ3n) is 5.51. The van der Waals surface area contributed by atoms with Crippen molar-refractivity contribution in [3.05, 3.63) is 33.9 Å². The van der Waals surface area contributed by atoms with Gasteiger partial charge in [-0.2, -0.15) is 0 Å². The average molecular weight is 405 g/mol. The first-order valence-electron chi connectivity index (χ1n) is 10.1. The van der Waals surface area contributed by atoms with Gasteiger partial charge in [-0.05, 0) is 37.8 Å². The Balaban J connectivity index is 1.66. The van der Waals surface area contributed by atoms with Crippen LogP contribution >= 0.6 is 0 Å². The van der Waals surface area contributed by atoms with Crippen molar-refractivity contribution >= 4 is 23.3 Å². The molecule has 0 saturated carbocycles. The van der Waals surface area contributed by atoms with Crippen LogP contribution in [0.4, 0.5) is 11.4 Å². The second kappa shape index (κ2) is 9.69. The first-order valence-corrected chi connectivity index (χ1v) is 10.1. The molecule has 1 aromatic rings.